The van der Waals surface area contributed by atoms with Crippen molar-refractivity contribution in [2.45, 2.75) is 26.4 Å². The number of nitrogens with zero attached hydrogens (tertiary/aromatic N) is 3. The predicted octanol–water partition coefficient (Wildman–Crippen LogP) is 0.297. The topological polar surface area (TPSA) is 107 Å². The van der Waals surface area contributed by atoms with Gasteiger partial charge in [0.15, 0.2) is 5.82 Å². The molecule has 0 radical (unpaired) electrons. The first-order valence-electron chi connectivity index (χ1n) is 6.85. The van der Waals surface area contributed by atoms with Crippen LogP contribution in [0.1, 0.15) is 25.6 Å². The molecule has 0 bridgehead atoms. The lowest BCUT2D eigenvalue weighted by Gasteiger charge is -2.32. The number of hydrogen-bond acceptors (Lipinski definition) is 6. The maximum atomic E-state index is 11.3. The van der Waals surface area contributed by atoms with Crippen molar-refractivity contribution < 1.29 is 9.53 Å². The molecule has 1 aromatic heterocycles. The van der Waals surface area contributed by atoms with Crippen molar-refractivity contribution in [2.75, 3.05) is 30.3 Å². The van der Waals surface area contributed by atoms with Gasteiger partial charge in [-0.2, -0.15) is 0 Å². The highest BCUT2D eigenvalue weighted by atomic mass is 16.5. The Morgan fingerprint density at radius 2 is 2.35 bits per heavy atom. The molecule has 7 heteroatoms. The second kappa shape index (κ2) is 6.51. The normalized spacial score (nSPS) is 19.1. The molecule has 4 N–H and O–H groups in total. The molecule has 1 unspecified atom stereocenters. The zero-order chi connectivity index (χ0) is 14.5. The van der Waals surface area contributed by atoms with Crippen LogP contribution >= 0.6 is 0 Å². The Morgan fingerprint density at radius 3 is 3.05 bits per heavy atom. The fourth-order valence-corrected chi connectivity index (χ4v) is 2.34. The average Bonchev–Trinajstić information content (AvgIpc) is 2.44. The lowest BCUT2D eigenvalue weighted by molar-refractivity contribution is -0.122. The van der Waals surface area contributed by atoms with Crippen molar-refractivity contribution in [3.05, 3.63) is 11.9 Å². The van der Waals surface area contributed by atoms with E-state index < -0.39 is 0 Å². The Hall–Kier alpha value is -1.89. The number of primary amides is 1. The molecule has 2 heterocycles. The lowest BCUT2D eigenvalue weighted by Crippen LogP contribution is -2.41. The predicted molar refractivity (Wildman–Crippen MR) is 75.9 cm³/mol. The van der Waals surface area contributed by atoms with Gasteiger partial charge in [0.1, 0.15) is 18.2 Å². The number of aromatic nitrogens is 2. The Kier molecular flexibility index (Phi) is 4.73. The van der Waals surface area contributed by atoms with Crippen LogP contribution in [0, 0.1) is 5.92 Å². The van der Waals surface area contributed by atoms with Gasteiger partial charge in [-0.15, -0.1) is 0 Å². The summed E-state index contributed by atoms with van der Waals surface area (Å²) >= 11 is 0. The number of carbonyl (C=O) groups is 1. The quantitative estimate of drug-likeness (QED) is 0.802. The van der Waals surface area contributed by atoms with Gasteiger partial charge in [0.05, 0.1) is 5.92 Å². The molecule has 1 aliphatic rings. The van der Waals surface area contributed by atoms with Crippen LogP contribution in [-0.2, 0) is 16.1 Å². The van der Waals surface area contributed by atoms with Crippen molar-refractivity contribution in [1.29, 1.82) is 0 Å². The summed E-state index contributed by atoms with van der Waals surface area (Å²) in [5.74, 6) is 1.31. The van der Waals surface area contributed by atoms with Gasteiger partial charge in [-0.3, -0.25) is 4.79 Å². The smallest absolute Gasteiger partial charge is 0.222 e. The number of amides is 1. The molecule has 1 aromatic rings. The zero-order valence-corrected chi connectivity index (χ0v) is 11.7. The monoisotopic (exact) mass is 279 g/mol. The largest absolute Gasteiger partial charge is 0.384 e. The highest BCUT2D eigenvalue weighted by Gasteiger charge is 2.25. The van der Waals surface area contributed by atoms with Crippen molar-refractivity contribution in [3.8, 4) is 0 Å². The Morgan fingerprint density at radius 1 is 1.55 bits per heavy atom. The van der Waals surface area contributed by atoms with Gasteiger partial charge >= 0.3 is 0 Å². The molecular formula is C13H21N5O2. The number of ether oxygens (including phenoxy) is 1. The second-order valence-corrected chi connectivity index (χ2v) is 4.89. The van der Waals surface area contributed by atoms with Gasteiger partial charge in [0.25, 0.3) is 0 Å². The van der Waals surface area contributed by atoms with Crippen LogP contribution in [0.15, 0.2) is 6.07 Å². The summed E-state index contributed by atoms with van der Waals surface area (Å²) < 4.78 is 5.30. The van der Waals surface area contributed by atoms with Crippen molar-refractivity contribution in [2.24, 2.45) is 11.7 Å². The van der Waals surface area contributed by atoms with Gasteiger partial charge in [-0.05, 0) is 19.8 Å². The molecule has 0 saturated carbocycles. The van der Waals surface area contributed by atoms with E-state index in [1.54, 1.807) is 6.07 Å². The molecule has 1 amide bonds. The number of rotatable bonds is 5. The third-order valence-corrected chi connectivity index (χ3v) is 3.36. The molecule has 110 valence electrons. The molecule has 1 saturated heterocycles. The van der Waals surface area contributed by atoms with E-state index in [0.717, 1.165) is 25.2 Å². The van der Waals surface area contributed by atoms with E-state index >= 15 is 0 Å². The zero-order valence-electron chi connectivity index (χ0n) is 11.7. The Bertz CT molecular complexity index is 480. The lowest BCUT2D eigenvalue weighted by atomic mass is 9.97. The van der Waals surface area contributed by atoms with Gasteiger partial charge in [0.2, 0.25) is 5.91 Å². The molecule has 1 fully saturated rings. The third kappa shape index (κ3) is 3.57. The SMILES string of the molecule is CCOCc1nc(N)cc(N2CCCC(C(N)=O)C2)n1. The highest BCUT2D eigenvalue weighted by Crippen LogP contribution is 2.22. The number of carbonyl (C=O) groups excluding carboxylic acids is 1. The summed E-state index contributed by atoms with van der Waals surface area (Å²) in [4.78, 5) is 21.9. The summed E-state index contributed by atoms with van der Waals surface area (Å²) in [7, 11) is 0. The van der Waals surface area contributed by atoms with Gasteiger partial charge in [-0.1, -0.05) is 0 Å². The number of nitrogen functional groups attached to an aromatic ring is 1. The maximum absolute atomic E-state index is 11.3. The molecule has 0 spiro atoms. The average molecular weight is 279 g/mol. The Balaban J connectivity index is 2.14. The van der Waals surface area contributed by atoms with Crippen LogP contribution in [0.4, 0.5) is 11.6 Å². The number of anilines is 2. The number of hydrogen-bond donors (Lipinski definition) is 2. The van der Waals surface area contributed by atoms with Crippen LogP contribution in [0.5, 0.6) is 0 Å². The summed E-state index contributed by atoms with van der Waals surface area (Å²) in [6, 6.07) is 1.72. The van der Waals surface area contributed by atoms with Crippen LogP contribution in [0.2, 0.25) is 0 Å². The molecule has 0 aromatic carbocycles. The van der Waals surface area contributed by atoms with E-state index in [4.69, 9.17) is 16.2 Å². The summed E-state index contributed by atoms with van der Waals surface area (Å²) in [6.07, 6.45) is 1.75. The van der Waals surface area contributed by atoms with E-state index in [2.05, 4.69) is 9.97 Å². The van der Waals surface area contributed by atoms with Crippen LogP contribution in [-0.4, -0.2) is 35.6 Å². The van der Waals surface area contributed by atoms with Crippen LogP contribution in [0.25, 0.3) is 0 Å². The Labute approximate surface area is 118 Å². The first kappa shape index (κ1) is 14.5. The van der Waals surface area contributed by atoms with Crippen molar-refractivity contribution in [1.82, 2.24) is 9.97 Å². The minimum Gasteiger partial charge on any atom is -0.384 e. The second-order valence-electron chi connectivity index (χ2n) is 4.89. The molecule has 2 rings (SSSR count). The van der Waals surface area contributed by atoms with Gasteiger partial charge in [-0.25, -0.2) is 9.97 Å². The fourth-order valence-electron chi connectivity index (χ4n) is 2.34. The van der Waals surface area contributed by atoms with Crippen LogP contribution < -0.4 is 16.4 Å². The first-order valence-corrected chi connectivity index (χ1v) is 6.85. The standard InChI is InChI=1S/C13H21N5O2/c1-2-20-8-11-16-10(14)6-12(17-11)18-5-3-4-9(7-18)13(15)19/h6,9H,2-5,7-8H2,1H3,(H2,15,19)(H2,14,16,17). The van der Waals surface area contributed by atoms with Crippen molar-refractivity contribution >= 4 is 17.5 Å². The molecule has 0 aliphatic carbocycles. The number of piperidine rings is 1. The van der Waals surface area contributed by atoms with Crippen LogP contribution in [0.3, 0.4) is 0 Å². The van der Waals surface area contributed by atoms with E-state index in [9.17, 15) is 4.79 Å². The minimum atomic E-state index is -0.258. The molecule has 1 aliphatic heterocycles. The molecule has 1 atom stereocenters. The molecule has 20 heavy (non-hydrogen) atoms. The summed E-state index contributed by atoms with van der Waals surface area (Å²) in [5, 5.41) is 0. The van der Waals surface area contributed by atoms with E-state index in [-0.39, 0.29) is 11.8 Å². The maximum Gasteiger partial charge on any atom is 0.222 e. The minimum absolute atomic E-state index is 0.129. The van der Waals surface area contributed by atoms with E-state index in [1.807, 2.05) is 11.8 Å². The van der Waals surface area contributed by atoms with E-state index in [1.165, 1.54) is 0 Å². The molecule has 7 nitrogen and oxygen atoms in total. The highest BCUT2D eigenvalue weighted by molar-refractivity contribution is 5.77. The van der Waals surface area contributed by atoms with Gasteiger partial charge in [0, 0.05) is 25.8 Å². The summed E-state index contributed by atoms with van der Waals surface area (Å²) in [6.45, 7) is 4.27. The first-order chi connectivity index (χ1) is 9.60. The number of nitrogens with two attached hydrogens (primary N) is 2. The fraction of sp³-hybridized carbons (Fsp3) is 0.615. The third-order valence-electron chi connectivity index (χ3n) is 3.36. The van der Waals surface area contributed by atoms with Gasteiger partial charge < -0.3 is 21.1 Å². The van der Waals surface area contributed by atoms with E-state index in [0.29, 0.717) is 31.4 Å². The summed E-state index contributed by atoms with van der Waals surface area (Å²) in [5.41, 5.74) is 11.2. The molecular weight excluding hydrogens is 258 g/mol. The van der Waals surface area contributed by atoms with Crippen molar-refractivity contribution in [3.63, 3.8) is 0 Å².